The van der Waals surface area contributed by atoms with Crippen molar-refractivity contribution in [2.75, 3.05) is 13.1 Å². The molecule has 1 fully saturated rings. The average molecular weight is 351 g/mol. The van der Waals surface area contributed by atoms with E-state index in [-0.39, 0.29) is 18.3 Å². The lowest BCUT2D eigenvalue weighted by atomic mass is 10.0. The molecule has 1 saturated heterocycles. The van der Waals surface area contributed by atoms with Gasteiger partial charge in [0.2, 0.25) is 0 Å². The molecule has 0 bridgehead atoms. The van der Waals surface area contributed by atoms with Gasteiger partial charge < -0.3 is 10.6 Å². The van der Waals surface area contributed by atoms with Crippen LogP contribution in [-0.4, -0.2) is 25.0 Å². The molecule has 2 aromatic carbocycles. The lowest BCUT2D eigenvalue weighted by molar-refractivity contribution is 0.0950. The topological polar surface area (TPSA) is 41.1 Å². The van der Waals surface area contributed by atoms with E-state index in [0.29, 0.717) is 23.2 Å². The molecule has 2 N–H and O–H groups in total. The van der Waals surface area contributed by atoms with Crippen LogP contribution in [-0.2, 0) is 0 Å². The van der Waals surface area contributed by atoms with Crippen molar-refractivity contribution in [1.29, 1.82) is 0 Å². The van der Waals surface area contributed by atoms with Crippen LogP contribution < -0.4 is 10.6 Å². The van der Waals surface area contributed by atoms with E-state index in [1.54, 1.807) is 6.07 Å². The van der Waals surface area contributed by atoms with Gasteiger partial charge in [0.05, 0.1) is 10.6 Å². The molecule has 0 aromatic heterocycles. The molecule has 0 saturated carbocycles. The smallest absolute Gasteiger partial charge is 0.252 e. The Kier molecular flexibility index (Phi) is 6.46. The number of hydrogen-bond donors (Lipinski definition) is 2. The molecule has 2 aromatic rings. The largest absolute Gasteiger partial charge is 0.350 e. The van der Waals surface area contributed by atoms with E-state index in [0.717, 1.165) is 24.1 Å². The summed E-state index contributed by atoms with van der Waals surface area (Å²) in [5.74, 6) is -0.114. The molecule has 1 aliphatic heterocycles. The number of benzene rings is 2. The zero-order valence-electron chi connectivity index (χ0n) is 12.7. The molecule has 0 aliphatic carbocycles. The third kappa shape index (κ3) is 4.47. The van der Waals surface area contributed by atoms with Crippen molar-refractivity contribution in [3.05, 3.63) is 59.1 Å². The Balaban J connectivity index is 0.00000192. The van der Waals surface area contributed by atoms with E-state index >= 15 is 0 Å². The van der Waals surface area contributed by atoms with E-state index in [1.807, 2.05) is 42.5 Å². The van der Waals surface area contributed by atoms with Crippen LogP contribution >= 0.6 is 24.0 Å². The first-order valence-corrected chi connectivity index (χ1v) is 7.98. The van der Waals surface area contributed by atoms with Gasteiger partial charge in [0.1, 0.15) is 0 Å². The Bertz CT molecular complexity index is 655. The second kappa shape index (κ2) is 8.34. The summed E-state index contributed by atoms with van der Waals surface area (Å²) in [7, 11) is 0. The lowest BCUT2D eigenvalue weighted by Gasteiger charge is -2.13. The third-order valence-electron chi connectivity index (χ3n) is 3.99. The maximum absolute atomic E-state index is 12.4. The Morgan fingerprint density at radius 3 is 2.65 bits per heavy atom. The van der Waals surface area contributed by atoms with Gasteiger partial charge in [-0.2, -0.15) is 0 Å². The highest BCUT2D eigenvalue weighted by molar-refractivity contribution is 6.34. The second-order valence-electron chi connectivity index (χ2n) is 5.56. The minimum Gasteiger partial charge on any atom is -0.350 e. The molecule has 23 heavy (non-hydrogen) atoms. The van der Waals surface area contributed by atoms with E-state index < -0.39 is 0 Å². The van der Waals surface area contributed by atoms with Crippen LogP contribution in [0.25, 0.3) is 11.1 Å². The monoisotopic (exact) mass is 350 g/mol. The average Bonchev–Trinajstić information content (AvgIpc) is 3.07. The van der Waals surface area contributed by atoms with Crippen LogP contribution in [0.2, 0.25) is 5.02 Å². The highest BCUT2D eigenvalue weighted by Crippen LogP contribution is 2.25. The van der Waals surface area contributed by atoms with Gasteiger partial charge in [-0.05, 0) is 42.6 Å². The summed E-state index contributed by atoms with van der Waals surface area (Å²) >= 11 is 6.20. The number of halogens is 2. The Hall–Kier alpha value is -1.55. The van der Waals surface area contributed by atoms with Gasteiger partial charge in [0.15, 0.2) is 0 Å². The van der Waals surface area contributed by atoms with Crippen LogP contribution in [0.15, 0.2) is 48.5 Å². The summed E-state index contributed by atoms with van der Waals surface area (Å²) in [5.41, 5.74) is 2.60. The van der Waals surface area contributed by atoms with Gasteiger partial charge >= 0.3 is 0 Å². The highest BCUT2D eigenvalue weighted by Gasteiger charge is 2.17. The molecule has 1 unspecified atom stereocenters. The molecule has 1 aliphatic rings. The van der Waals surface area contributed by atoms with Crippen LogP contribution in [0.5, 0.6) is 0 Å². The molecule has 1 heterocycles. The first-order valence-electron chi connectivity index (χ1n) is 7.60. The molecule has 0 radical (unpaired) electrons. The van der Waals surface area contributed by atoms with Crippen molar-refractivity contribution in [2.24, 2.45) is 0 Å². The SMILES string of the molecule is Cl.O=C(NCC1CCCN1)c1cc(-c2ccccc2)ccc1Cl. The number of amides is 1. The summed E-state index contributed by atoms with van der Waals surface area (Å²) < 4.78 is 0. The van der Waals surface area contributed by atoms with Gasteiger partial charge in [-0.3, -0.25) is 4.79 Å². The summed E-state index contributed by atoms with van der Waals surface area (Å²) in [6, 6.07) is 15.9. The minimum absolute atomic E-state index is 0. The number of hydrogen-bond acceptors (Lipinski definition) is 2. The molecule has 3 nitrogen and oxygen atoms in total. The van der Waals surface area contributed by atoms with Gasteiger partial charge in [-0.1, -0.05) is 48.0 Å². The Morgan fingerprint density at radius 1 is 1.17 bits per heavy atom. The van der Waals surface area contributed by atoms with Gasteiger partial charge in [0, 0.05) is 12.6 Å². The normalized spacial score (nSPS) is 16.7. The van der Waals surface area contributed by atoms with E-state index in [2.05, 4.69) is 10.6 Å². The van der Waals surface area contributed by atoms with Crippen molar-refractivity contribution >= 4 is 29.9 Å². The maximum Gasteiger partial charge on any atom is 0.252 e. The first-order chi connectivity index (χ1) is 10.7. The number of carbonyl (C=O) groups excluding carboxylic acids is 1. The predicted molar refractivity (Wildman–Crippen MR) is 97.5 cm³/mol. The molecular weight excluding hydrogens is 331 g/mol. The second-order valence-corrected chi connectivity index (χ2v) is 5.97. The fourth-order valence-corrected chi connectivity index (χ4v) is 2.95. The van der Waals surface area contributed by atoms with Crippen LogP contribution in [0.3, 0.4) is 0 Å². The zero-order chi connectivity index (χ0) is 15.4. The molecule has 3 rings (SSSR count). The van der Waals surface area contributed by atoms with Crippen molar-refractivity contribution < 1.29 is 4.79 Å². The van der Waals surface area contributed by atoms with Crippen molar-refractivity contribution in [3.8, 4) is 11.1 Å². The van der Waals surface area contributed by atoms with Gasteiger partial charge in [0.25, 0.3) is 5.91 Å². The fourth-order valence-electron chi connectivity index (χ4n) is 2.75. The van der Waals surface area contributed by atoms with Crippen molar-refractivity contribution in [3.63, 3.8) is 0 Å². The Morgan fingerprint density at radius 2 is 1.96 bits per heavy atom. The maximum atomic E-state index is 12.4. The quantitative estimate of drug-likeness (QED) is 0.877. The number of rotatable bonds is 4. The molecule has 122 valence electrons. The Labute approximate surface area is 147 Å². The minimum atomic E-state index is -0.114. The summed E-state index contributed by atoms with van der Waals surface area (Å²) in [6.07, 6.45) is 2.28. The van der Waals surface area contributed by atoms with Gasteiger partial charge in [-0.15, -0.1) is 12.4 Å². The molecular formula is C18H20Cl2N2O. The standard InChI is InChI=1S/C18H19ClN2O.ClH/c19-17-9-8-14(13-5-2-1-3-6-13)11-16(17)18(22)21-12-15-7-4-10-20-15;/h1-3,5-6,8-9,11,15,20H,4,7,10,12H2,(H,21,22);1H. The summed E-state index contributed by atoms with van der Waals surface area (Å²) in [6.45, 7) is 1.68. The van der Waals surface area contributed by atoms with Crippen molar-refractivity contribution in [1.82, 2.24) is 10.6 Å². The van der Waals surface area contributed by atoms with Crippen LogP contribution in [0.4, 0.5) is 0 Å². The zero-order valence-corrected chi connectivity index (χ0v) is 14.3. The van der Waals surface area contributed by atoms with Crippen LogP contribution in [0.1, 0.15) is 23.2 Å². The lowest BCUT2D eigenvalue weighted by Crippen LogP contribution is -2.37. The molecule has 1 atom stereocenters. The van der Waals surface area contributed by atoms with Gasteiger partial charge in [-0.25, -0.2) is 0 Å². The van der Waals surface area contributed by atoms with E-state index in [1.165, 1.54) is 6.42 Å². The highest BCUT2D eigenvalue weighted by atomic mass is 35.5. The van der Waals surface area contributed by atoms with E-state index in [9.17, 15) is 4.79 Å². The predicted octanol–water partition coefficient (Wildman–Crippen LogP) is 3.91. The number of carbonyl (C=O) groups is 1. The molecule has 0 spiro atoms. The van der Waals surface area contributed by atoms with Crippen LogP contribution in [0, 0.1) is 0 Å². The van der Waals surface area contributed by atoms with E-state index in [4.69, 9.17) is 11.6 Å². The fraction of sp³-hybridized carbons (Fsp3) is 0.278. The summed E-state index contributed by atoms with van der Waals surface area (Å²) in [5, 5.41) is 6.82. The first kappa shape index (κ1) is 17.8. The summed E-state index contributed by atoms with van der Waals surface area (Å²) in [4.78, 5) is 12.4. The molecule has 5 heteroatoms. The number of nitrogens with one attached hydrogen (secondary N) is 2. The third-order valence-corrected chi connectivity index (χ3v) is 4.32. The van der Waals surface area contributed by atoms with Crippen molar-refractivity contribution in [2.45, 2.75) is 18.9 Å². The molecule has 1 amide bonds.